The first kappa shape index (κ1) is 14.9. The molecule has 1 aliphatic heterocycles. The van der Waals surface area contributed by atoms with Gasteiger partial charge in [0.05, 0.1) is 0 Å². The molecule has 1 amide bonds. The van der Waals surface area contributed by atoms with Crippen LogP contribution < -0.4 is 4.74 Å². The summed E-state index contributed by atoms with van der Waals surface area (Å²) in [7, 11) is 1.82. The first-order chi connectivity index (χ1) is 10.6. The van der Waals surface area contributed by atoms with Crippen molar-refractivity contribution in [2.45, 2.75) is 20.0 Å². The van der Waals surface area contributed by atoms with Crippen molar-refractivity contribution in [1.29, 1.82) is 0 Å². The van der Waals surface area contributed by atoms with Crippen LogP contribution in [0.25, 0.3) is 0 Å². The van der Waals surface area contributed by atoms with Crippen molar-refractivity contribution in [3.63, 3.8) is 0 Å². The first-order valence-corrected chi connectivity index (χ1v) is 7.69. The van der Waals surface area contributed by atoms with Crippen LogP contribution in [0.5, 0.6) is 5.75 Å². The van der Waals surface area contributed by atoms with Crippen LogP contribution in [0.1, 0.15) is 27.0 Å². The molecule has 22 heavy (non-hydrogen) atoms. The molecule has 4 heteroatoms. The maximum absolute atomic E-state index is 12.2. The molecule has 1 heterocycles. The fourth-order valence-corrected chi connectivity index (χ4v) is 2.96. The average molecular weight is 316 g/mol. The summed E-state index contributed by atoms with van der Waals surface area (Å²) >= 11 is 6.24. The largest absolute Gasteiger partial charge is 0.489 e. The summed E-state index contributed by atoms with van der Waals surface area (Å²) < 4.78 is 5.94. The van der Waals surface area contributed by atoms with Crippen molar-refractivity contribution in [2.75, 3.05) is 13.6 Å². The van der Waals surface area contributed by atoms with Crippen molar-refractivity contribution < 1.29 is 9.53 Å². The molecule has 0 bridgehead atoms. The number of ether oxygens (including phenoxy) is 1. The Hall–Kier alpha value is -2.00. The Bertz CT molecular complexity index is 727. The molecular weight excluding hydrogens is 298 g/mol. The fourth-order valence-electron chi connectivity index (χ4n) is 2.67. The van der Waals surface area contributed by atoms with Gasteiger partial charge < -0.3 is 9.64 Å². The van der Waals surface area contributed by atoms with Crippen LogP contribution in [0.15, 0.2) is 36.4 Å². The standard InChI is InChI=1S/C18H18ClNO2/c1-12-6-7-13(16(19)10-12)11-22-17-5-3-4-15-14(17)8-9-20(2)18(15)21/h3-7,10H,8-9,11H2,1-2H3. The molecule has 2 aromatic rings. The lowest BCUT2D eigenvalue weighted by molar-refractivity contribution is 0.0779. The van der Waals surface area contributed by atoms with E-state index in [1.54, 1.807) is 4.90 Å². The molecule has 0 unspecified atom stereocenters. The molecule has 0 saturated heterocycles. The van der Waals surface area contributed by atoms with Gasteiger partial charge in [-0.25, -0.2) is 0 Å². The fraction of sp³-hybridized carbons (Fsp3) is 0.278. The molecule has 0 saturated carbocycles. The van der Waals surface area contributed by atoms with E-state index in [4.69, 9.17) is 16.3 Å². The monoisotopic (exact) mass is 315 g/mol. The van der Waals surface area contributed by atoms with E-state index >= 15 is 0 Å². The highest BCUT2D eigenvalue weighted by Gasteiger charge is 2.24. The van der Waals surface area contributed by atoms with Crippen LogP contribution in [-0.4, -0.2) is 24.4 Å². The van der Waals surface area contributed by atoms with Crippen LogP contribution in [0.2, 0.25) is 5.02 Å². The van der Waals surface area contributed by atoms with E-state index in [0.29, 0.717) is 11.6 Å². The van der Waals surface area contributed by atoms with Crippen molar-refractivity contribution in [3.8, 4) is 5.75 Å². The molecule has 0 spiro atoms. The predicted molar refractivity (Wildman–Crippen MR) is 87.6 cm³/mol. The van der Waals surface area contributed by atoms with Gasteiger partial charge in [0.1, 0.15) is 12.4 Å². The van der Waals surface area contributed by atoms with E-state index in [0.717, 1.165) is 41.0 Å². The number of amides is 1. The molecule has 0 aromatic heterocycles. The lowest BCUT2D eigenvalue weighted by Gasteiger charge is -2.26. The van der Waals surface area contributed by atoms with Gasteiger partial charge in [-0.05, 0) is 37.1 Å². The highest BCUT2D eigenvalue weighted by atomic mass is 35.5. The Balaban J connectivity index is 1.83. The molecule has 1 aliphatic rings. The van der Waals surface area contributed by atoms with Crippen molar-refractivity contribution in [2.24, 2.45) is 0 Å². The minimum absolute atomic E-state index is 0.0556. The van der Waals surface area contributed by atoms with Crippen molar-refractivity contribution >= 4 is 17.5 Å². The van der Waals surface area contributed by atoms with E-state index in [9.17, 15) is 4.79 Å². The Labute approximate surface area is 135 Å². The number of hydrogen-bond acceptors (Lipinski definition) is 2. The molecule has 3 nitrogen and oxygen atoms in total. The Morgan fingerprint density at radius 1 is 1.27 bits per heavy atom. The van der Waals surface area contributed by atoms with E-state index in [1.807, 2.05) is 50.4 Å². The second-order valence-electron chi connectivity index (χ2n) is 5.64. The third-order valence-electron chi connectivity index (χ3n) is 4.00. The number of hydrogen-bond donors (Lipinski definition) is 0. The Kier molecular flexibility index (Phi) is 4.08. The van der Waals surface area contributed by atoms with Crippen LogP contribution in [0.4, 0.5) is 0 Å². The predicted octanol–water partition coefficient (Wildman–Crippen LogP) is 3.86. The topological polar surface area (TPSA) is 29.5 Å². The molecular formula is C18H18ClNO2. The Morgan fingerprint density at radius 3 is 2.86 bits per heavy atom. The molecule has 0 radical (unpaired) electrons. The number of halogens is 1. The normalized spacial score (nSPS) is 14.0. The minimum atomic E-state index is 0.0556. The molecule has 0 aliphatic carbocycles. The molecule has 0 atom stereocenters. The summed E-state index contributed by atoms with van der Waals surface area (Å²) in [6.45, 7) is 3.13. The van der Waals surface area contributed by atoms with Gasteiger partial charge in [-0.1, -0.05) is 29.8 Å². The van der Waals surface area contributed by atoms with Crippen molar-refractivity contribution in [1.82, 2.24) is 4.90 Å². The van der Waals surface area contributed by atoms with Gasteiger partial charge in [-0.15, -0.1) is 0 Å². The van der Waals surface area contributed by atoms with E-state index in [1.165, 1.54) is 0 Å². The third kappa shape index (κ3) is 2.81. The number of rotatable bonds is 3. The number of nitrogens with zero attached hydrogens (tertiary/aromatic N) is 1. The number of benzene rings is 2. The summed E-state index contributed by atoms with van der Waals surface area (Å²) in [5, 5.41) is 0.709. The van der Waals surface area contributed by atoms with Crippen LogP contribution >= 0.6 is 11.6 Å². The molecule has 114 valence electrons. The summed E-state index contributed by atoms with van der Waals surface area (Å²) in [5.74, 6) is 0.829. The molecule has 0 fully saturated rings. The average Bonchev–Trinajstić information content (AvgIpc) is 2.50. The van der Waals surface area contributed by atoms with Crippen LogP contribution in [-0.2, 0) is 13.0 Å². The molecule has 2 aromatic carbocycles. The number of likely N-dealkylation sites (N-methyl/N-ethyl adjacent to an activating group) is 1. The zero-order chi connectivity index (χ0) is 15.7. The Morgan fingerprint density at radius 2 is 2.09 bits per heavy atom. The zero-order valence-corrected chi connectivity index (χ0v) is 13.5. The molecule has 0 N–H and O–H groups in total. The number of fused-ring (bicyclic) bond motifs is 1. The van der Waals surface area contributed by atoms with E-state index < -0.39 is 0 Å². The van der Waals surface area contributed by atoms with Gasteiger partial charge in [0, 0.05) is 35.3 Å². The second-order valence-corrected chi connectivity index (χ2v) is 6.05. The van der Waals surface area contributed by atoms with Gasteiger partial charge in [0.25, 0.3) is 5.91 Å². The van der Waals surface area contributed by atoms with Crippen LogP contribution in [0.3, 0.4) is 0 Å². The summed E-state index contributed by atoms with van der Waals surface area (Å²) in [5.41, 5.74) is 3.80. The highest BCUT2D eigenvalue weighted by molar-refractivity contribution is 6.31. The first-order valence-electron chi connectivity index (χ1n) is 7.31. The lowest BCUT2D eigenvalue weighted by Crippen LogP contribution is -2.34. The summed E-state index contributed by atoms with van der Waals surface area (Å²) in [4.78, 5) is 13.9. The summed E-state index contributed by atoms with van der Waals surface area (Å²) in [6.07, 6.45) is 0.815. The maximum atomic E-state index is 12.2. The van der Waals surface area contributed by atoms with Gasteiger partial charge in [0.15, 0.2) is 0 Å². The van der Waals surface area contributed by atoms with Gasteiger partial charge in [-0.3, -0.25) is 4.79 Å². The lowest BCUT2D eigenvalue weighted by atomic mass is 9.98. The van der Waals surface area contributed by atoms with E-state index in [-0.39, 0.29) is 5.91 Å². The number of aryl methyl sites for hydroxylation is 1. The number of carbonyl (C=O) groups excluding carboxylic acids is 1. The minimum Gasteiger partial charge on any atom is -0.489 e. The van der Waals surface area contributed by atoms with E-state index in [2.05, 4.69) is 0 Å². The third-order valence-corrected chi connectivity index (χ3v) is 4.35. The van der Waals surface area contributed by atoms with Gasteiger partial charge in [-0.2, -0.15) is 0 Å². The smallest absolute Gasteiger partial charge is 0.254 e. The van der Waals surface area contributed by atoms with Crippen molar-refractivity contribution in [3.05, 3.63) is 63.7 Å². The van der Waals surface area contributed by atoms with Gasteiger partial charge >= 0.3 is 0 Å². The number of carbonyl (C=O) groups is 1. The quantitative estimate of drug-likeness (QED) is 0.861. The SMILES string of the molecule is Cc1ccc(COc2cccc3c2CCN(C)C3=O)c(Cl)c1. The highest BCUT2D eigenvalue weighted by Crippen LogP contribution is 2.29. The zero-order valence-electron chi connectivity index (χ0n) is 12.7. The second kappa shape index (κ2) is 6.01. The maximum Gasteiger partial charge on any atom is 0.254 e. The summed E-state index contributed by atoms with van der Waals surface area (Å²) in [6, 6.07) is 11.6. The van der Waals surface area contributed by atoms with Crippen LogP contribution in [0, 0.1) is 6.92 Å². The van der Waals surface area contributed by atoms with Gasteiger partial charge in [0.2, 0.25) is 0 Å². The molecule has 3 rings (SSSR count).